The van der Waals surface area contributed by atoms with Crippen molar-refractivity contribution in [2.45, 2.75) is 37.6 Å². The highest BCUT2D eigenvalue weighted by Gasteiger charge is 2.32. The maximum absolute atomic E-state index is 12.1. The summed E-state index contributed by atoms with van der Waals surface area (Å²) in [6, 6.07) is 7.58. The van der Waals surface area contributed by atoms with Crippen molar-refractivity contribution < 1.29 is 24.2 Å². The molecule has 0 aromatic heterocycles. The molecule has 2 aliphatic rings. The van der Waals surface area contributed by atoms with Crippen LogP contribution in [0.5, 0.6) is 5.75 Å². The van der Waals surface area contributed by atoms with Gasteiger partial charge in [-0.05, 0) is 24.5 Å². The number of carbonyl (C=O) groups is 2. The van der Waals surface area contributed by atoms with Crippen LogP contribution in [0, 0.1) is 0 Å². The summed E-state index contributed by atoms with van der Waals surface area (Å²) in [6.45, 7) is 0.318. The molecule has 1 aromatic rings. The van der Waals surface area contributed by atoms with Crippen LogP contribution in [-0.2, 0) is 20.7 Å². The first kappa shape index (κ1) is 13.9. The van der Waals surface area contributed by atoms with E-state index in [-0.39, 0.29) is 12.0 Å². The maximum atomic E-state index is 12.1. The number of para-hydroxylation sites is 1. The van der Waals surface area contributed by atoms with E-state index in [9.17, 15) is 9.59 Å². The minimum atomic E-state index is -0.946. The van der Waals surface area contributed by atoms with E-state index in [0.717, 1.165) is 11.3 Å². The fourth-order valence-corrected chi connectivity index (χ4v) is 2.69. The third kappa shape index (κ3) is 3.00. The molecule has 21 heavy (non-hydrogen) atoms. The van der Waals surface area contributed by atoms with Crippen LogP contribution in [0.3, 0.4) is 0 Å². The standard InChI is InChI=1S/C15H17NO5/c17-14(13-7-9-3-1-2-4-11(9)21-13)16-8-10-5-6-12(20-10)15(18)19/h1-4,10,12-13H,5-8H2,(H,16,17)(H,18,19). The fraction of sp³-hybridized carbons (Fsp3) is 0.467. The smallest absolute Gasteiger partial charge is 0.332 e. The van der Waals surface area contributed by atoms with Gasteiger partial charge in [0.15, 0.2) is 12.2 Å². The Kier molecular flexibility index (Phi) is 3.79. The molecule has 0 spiro atoms. The number of hydrogen-bond acceptors (Lipinski definition) is 4. The van der Waals surface area contributed by atoms with Gasteiger partial charge >= 0.3 is 5.97 Å². The van der Waals surface area contributed by atoms with Gasteiger partial charge in [-0.25, -0.2) is 4.79 Å². The number of nitrogens with one attached hydrogen (secondary N) is 1. The van der Waals surface area contributed by atoms with Crippen LogP contribution in [0.25, 0.3) is 0 Å². The van der Waals surface area contributed by atoms with Crippen molar-refractivity contribution in [1.29, 1.82) is 0 Å². The molecule has 3 atom stereocenters. The minimum Gasteiger partial charge on any atom is -0.480 e. The second-order valence-electron chi connectivity index (χ2n) is 5.33. The summed E-state index contributed by atoms with van der Waals surface area (Å²) in [5.74, 6) is -0.382. The van der Waals surface area contributed by atoms with Crippen LogP contribution in [0.15, 0.2) is 24.3 Å². The van der Waals surface area contributed by atoms with Gasteiger partial charge < -0.3 is 19.9 Å². The van der Waals surface area contributed by atoms with Crippen molar-refractivity contribution in [1.82, 2.24) is 5.32 Å². The van der Waals surface area contributed by atoms with Crippen LogP contribution >= 0.6 is 0 Å². The lowest BCUT2D eigenvalue weighted by Crippen LogP contribution is -2.41. The summed E-state index contributed by atoms with van der Waals surface area (Å²) in [7, 11) is 0. The number of hydrogen-bond donors (Lipinski definition) is 2. The van der Waals surface area contributed by atoms with Gasteiger partial charge in [0.2, 0.25) is 0 Å². The summed E-state index contributed by atoms with van der Waals surface area (Å²) in [5, 5.41) is 11.6. The molecule has 6 heteroatoms. The molecule has 2 N–H and O–H groups in total. The molecule has 3 unspecified atom stereocenters. The van der Waals surface area contributed by atoms with Gasteiger partial charge in [-0.3, -0.25) is 4.79 Å². The van der Waals surface area contributed by atoms with Crippen molar-refractivity contribution in [3.63, 3.8) is 0 Å². The molecule has 1 aromatic carbocycles. The average Bonchev–Trinajstić information content (AvgIpc) is 3.11. The number of ether oxygens (including phenoxy) is 2. The number of carbonyl (C=O) groups excluding carboxylic acids is 1. The van der Waals surface area contributed by atoms with Gasteiger partial charge in [-0.1, -0.05) is 18.2 Å². The Morgan fingerprint density at radius 3 is 2.76 bits per heavy atom. The first-order chi connectivity index (χ1) is 10.1. The van der Waals surface area contributed by atoms with E-state index >= 15 is 0 Å². The van der Waals surface area contributed by atoms with Crippen molar-refractivity contribution in [2.75, 3.05) is 6.54 Å². The van der Waals surface area contributed by atoms with Gasteiger partial charge in [-0.2, -0.15) is 0 Å². The average molecular weight is 291 g/mol. The largest absolute Gasteiger partial charge is 0.480 e. The topological polar surface area (TPSA) is 84.9 Å². The first-order valence-corrected chi connectivity index (χ1v) is 7.04. The first-order valence-electron chi connectivity index (χ1n) is 7.04. The number of rotatable bonds is 4. The van der Waals surface area contributed by atoms with Gasteiger partial charge in [0, 0.05) is 13.0 Å². The molecule has 3 rings (SSSR count). The third-order valence-corrected chi connectivity index (χ3v) is 3.83. The lowest BCUT2D eigenvalue weighted by Gasteiger charge is -2.15. The van der Waals surface area contributed by atoms with Crippen LogP contribution in [-0.4, -0.2) is 41.8 Å². The Bertz CT molecular complexity index is 534. The number of benzene rings is 1. The Morgan fingerprint density at radius 1 is 1.24 bits per heavy atom. The van der Waals surface area contributed by atoms with Crippen molar-refractivity contribution >= 4 is 11.9 Å². The number of aliphatic carboxylic acids is 1. The molecule has 0 saturated carbocycles. The SMILES string of the molecule is O=C(O)C1CCC(CNC(=O)C2Cc3ccccc3O2)O1. The summed E-state index contributed by atoms with van der Waals surface area (Å²) in [6.07, 6.45) is 0.187. The molecule has 1 amide bonds. The lowest BCUT2D eigenvalue weighted by atomic mass is 10.1. The Hall–Kier alpha value is -2.08. The molecular formula is C15H17NO5. The number of amides is 1. The van der Waals surface area contributed by atoms with Crippen LogP contribution in [0.1, 0.15) is 18.4 Å². The van der Waals surface area contributed by atoms with Gasteiger partial charge in [0.25, 0.3) is 5.91 Å². The van der Waals surface area contributed by atoms with E-state index in [4.69, 9.17) is 14.6 Å². The van der Waals surface area contributed by atoms with E-state index in [1.54, 1.807) is 0 Å². The second-order valence-corrected chi connectivity index (χ2v) is 5.33. The summed E-state index contributed by atoms with van der Waals surface area (Å²) in [4.78, 5) is 22.9. The molecule has 0 aliphatic carbocycles. The Morgan fingerprint density at radius 2 is 2.05 bits per heavy atom. The Labute approximate surface area is 122 Å². The molecule has 6 nitrogen and oxygen atoms in total. The minimum absolute atomic E-state index is 0.187. The fourth-order valence-electron chi connectivity index (χ4n) is 2.69. The summed E-state index contributed by atoms with van der Waals surface area (Å²) >= 11 is 0. The molecule has 0 radical (unpaired) electrons. The molecule has 0 bridgehead atoms. The van der Waals surface area contributed by atoms with E-state index in [2.05, 4.69) is 5.32 Å². The number of carboxylic acids is 1. The van der Waals surface area contributed by atoms with Crippen LogP contribution in [0.2, 0.25) is 0 Å². The quantitative estimate of drug-likeness (QED) is 0.854. The second kappa shape index (κ2) is 5.73. The van der Waals surface area contributed by atoms with E-state index < -0.39 is 18.2 Å². The van der Waals surface area contributed by atoms with Crippen molar-refractivity contribution in [3.05, 3.63) is 29.8 Å². The maximum Gasteiger partial charge on any atom is 0.332 e. The molecular weight excluding hydrogens is 274 g/mol. The number of carboxylic acid groups (broad SMARTS) is 1. The predicted molar refractivity (Wildman–Crippen MR) is 73.1 cm³/mol. The summed E-state index contributed by atoms with van der Waals surface area (Å²) in [5.41, 5.74) is 1.03. The van der Waals surface area contributed by atoms with Crippen molar-refractivity contribution in [3.8, 4) is 5.75 Å². The molecule has 112 valence electrons. The zero-order chi connectivity index (χ0) is 14.8. The third-order valence-electron chi connectivity index (χ3n) is 3.83. The van der Waals surface area contributed by atoms with Crippen LogP contribution < -0.4 is 10.1 Å². The molecule has 2 heterocycles. The Balaban J connectivity index is 1.47. The lowest BCUT2D eigenvalue weighted by molar-refractivity contribution is -0.149. The van der Waals surface area contributed by atoms with Crippen molar-refractivity contribution in [2.24, 2.45) is 0 Å². The van der Waals surface area contributed by atoms with E-state index in [0.29, 0.717) is 25.8 Å². The molecule has 1 saturated heterocycles. The number of fused-ring (bicyclic) bond motifs is 1. The van der Waals surface area contributed by atoms with Gasteiger partial charge in [0.05, 0.1) is 6.10 Å². The van der Waals surface area contributed by atoms with E-state index in [1.807, 2.05) is 24.3 Å². The molecule has 2 aliphatic heterocycles. The predicted octanol–water partition coefficient (Wildman–Crippen LogP) is 0.739. The summed E-state index contributed by atoms with van der Waals surface area (Å²) < 4.78 is 10.9. The monoisotopic (exact) mass is 291 g/mol. The van der Waals surface area contributed by atoms with Crippen LogP contribution in [0.4, 0.5) is 0 Å². The highest BCUT2D eigenvalue weighted by Crippen LogP contribution is 2.28. The van der Waals surface area contributed by atoms with Gasteiger partial charge in [0.1, 0.15) is 5.75 Å². The zero-order valence-corrected chi connectivity index (χ0v) is 11.5. The molecule has 1 fully saturated rings. The zero-order valence-electron chi connectivity index (χ0n) is 11.5. The highest BCUT2D eigenvalue weighted by atomic mass is 16.5. The van der Waals surface area contributed by atoms with E-state index in [1.165, 1.54) is 0 Å². The normalized spacial score (nSPS) is 27.0. The van der Waals surface area contributed by atoms with Gasteiger partial charge in [-0.15, -0.1) is 0 Å². The highest BCUT2D eigenvalue weighted by molar-refractivity contribution is 5.82.